The normalized spacial score (nSPS) is 9.50. The highest BCUT2D eigenvalue weighted by Gasteiger charge is 2.06. The molecule has 0 spiro atoms. The first kappa shape index (κ1) is 13.8. The standard InChI is InChI=1S/C16H14N2O2/c1-12-11-15(5-4-13(12)3-2-10-19)18-16(20)14-6-8-17-9-7-14/h4-9,11,19H,10H2,1H3,(H,18,20). The average molecular weight is 266 g/mol. The molecule has 4 nitrogen and oxygen atoms in total. The summed E-state index contributed by atoms with van der Waals surface area (Å²) in [6.45, 7) is 1.74. The molecule has 20 heavy (non-hydrogen) atoms. The van der Waals surface area contributed by atoms with E-state index in [0.29, 0.717) is 11.3 Å². The van der Waals surface area contributed by atoms with Crippen LogP contribution in [-0.2, 0) is 0 Å². The van der Waals surface area contributed by atoms with Gasteiger partial charge in [-0.15, -0.1) is 0 Å². The van der Waals surface area contributed by atoms with Crippen molar-refractivity contribution in [2.45, 2.75) is 6.92 Å². The van der Waals surface area contributed by atoms with Crippen molar-refractivity contribution in [2.24, 2.45) is 0 Å². The minimum atomic E-state index is -0.180. The molecule has 2 aromatic rings. The fraction of sp³-hybridized carbons (Fsp3) is 0.125. The van der Waals surface area contributed by atoms with Gasteiger partial charge >= 0.3 is 0 Å². The van der Waals surface area contributed by atoms with E-state index in [1.54, 1.807) is 30.6 Å². The highest BCUT2D eigenvalue weighted by Crippen LogP contribution is 2.15. The van der Waals surface area contributed by atoms with E-state index in [-0.39, 0.29) is 12.5 Å². The van der Waals surface area contributed by atoms with Gasteiger partial charge in [-0.05, 0) is 42.8 Å². The maximum absolute atomic E-state index is 12.0. The van der Waals surface area contributed by atoms with Crippen molar-refractivity contribution >= 4 is 11.6 Å². The largest absolute Gasteiger partial charge is 0.384 e. The molecule has 0 radical (unpaired) electrons. The highest BCUT2D eigenvalue weighted by atomic mass is 16.2. The first-order valence-corrected chi connectivity index (χ1v) is 6.12. The average Bonchev–Trinajstić information content (AvgIpc) is 2.47. The van der Waals surface area contributed by atoms with E-state index in [1.807, 2.05) is 19.1 Å². The Balaban J connectivity index is 2.15. The molecule has 0 saturated heterocycles. The van der Waals surface area contributed by atoms with Crippen molar-refractivity contribution in [1.29, 1.82) is 0 Å². The zero-order chi connectivity index (χ0) is 14.4. The lowest BCUT2D eigenvalue weighted by molar-refractivity contribution is 0.102. The topological polar surface area (TPSA) is 62.2 Å². The van der Waals surface area contributed by atoms with Crippen molar-refractivity contribution in [3.8, 4) is 11.8 Å². The van der Waals surface area contributed by atoms with Crippen LogP contribution in [-0.4, -0.2) is 22.6 Å². The van der Waals surface area contributed by atoms with E-state index in [2.05, 4.69) is 22.1 Å². The van der Waals surface area contributed by atoms with Crippen LogP contribution in [0.2, 0.25) is 0 Å². The number of aliphatic hydroxyl groups excluding tert-OH is 1. The lowest BCUT2D eigenvalue weighted by Crippen LogP contribution is -2.11. The highest BCUT2D eigenvalue weighted by molar-refractivity contribution is 6.04. The number of pyridine rings is 1. The Morgan fingerprint density at radius 2 is 2.05 bits per heavy atom. The zero-order valence-electron chi connectivity index (χ0n) is 11.1. The van der Waals surface area contributed by atoms with Crippen LogP contribution in [0.5, 0.6) is 0 Å². The van der Waals surface area contributed by atoms with E-state index in [0.717, 1.165) is 11.1 Å². The predicted octanol–water partition coefficient (Wildman–Crippen LogP) is 1.99. The summed E-state index contributed by atoms with van der Waals surface area (Å²) in [7, 11) is 0. The number of aliphatic hydroxyl groups is 1. The Hall–Kier alpha value is -2.64. The number of nitrogens with zero attached hydrogens (tertiary/aromatic N) is 1. The number of hydrogen-bond donors (Lipinski definition) is 2. The third-order valence-corrected chi connectivity index (χ3v) is 2.73. The number of amides is 1. The van der Waals surface area contributed by atoms with E-state index in [4.69, 9.17) is 5.11 Å². The molecule has 0 aliphatic rings. The molecule has 1 amide bonds. The Morgan fingerprint density at radius 1 is 1.30 bits per heavy atom. The number of aromatic nitrogens is 1. The predicted molar refractivity (Wildman–Crippen MR) is 77.3 cm³/mol. The van der Waals surface area contributed by atoms with Crippen LogP contribution in [0.1, 0.15) is 21.5 Å². The minimum absolute atomic E-state index is 0.167. The van der Waals surface area contributed by atoms with Gasteiger partial charge in [0.15, 0.2) is 0 Å². The summed E-state index contributed by atoms with van der Waals surface area (Å²) in [6, 6.07) is 8.76. The summed E-state index contributed by atoms with van der Waals surface area (Å²) in [5.41, 5.74) is 3.04. The molecular formula is C16H14N2O2. The first-order valence-electron chi connectivity index (χ1n) is 6.12. The van der Waals surface area contributed by atoms with Crippen LogP contribution >= 0.6 is 0 Å². The summed E-state index contributed by atoms with van der Waals surface area (Å²) < 4.78 is 0. The fourth-order valence-electron chi connectivity index (χ4n) is 1.72. The third kappa shape index (κ3) is 3.44. The molecule has 2 N–H and O–H groups in total. The Morgan fingerprint density at radius 3 is 2.70 bits per heavy atom. The van der Waals surface area contributed by atoms with E-state index < -0.39 is 0 Å². The number of carbonyl (C=O) groups is 1. The molecular weight excluding hydrogens is 252 g/mol. The van der Waals surface area contributed by atoms with Crippen LogP contribution in [0, 0.1) is 18.8 Å². The SMILES string of the molecule is Cc1cc(NC(=O)c2ccncc2)ccc1C#CCO. The number of rotatable bonds is 2. The number of benzene rings is 1. The van der Waals surface area contributed by atoms with E-state index in [1.165, 1.54) is 0 Å². The fourth-order valence-corrected chi connectivity index (χ4v) is 1.72. The molecule has 0 atom stereocenters. The van der Waals surface area contributed by atoms with Gasteiger partial charge in [-0.3, -0.25) is 9.78 Å². The van der Waals surface area contributed by atoms with Gasteiger partial charge in [0.1, 0.15) is 6.61 Å². The zero-order valence-corrected chi connectivity index (χ0v) is 11.1. The lowest BCUT2D eigenvalue weighted by Gasteiger charge is -2.07. The van der Waals surface area contributed by atoms with Crippen molar-refractivity contribution in [3.63, 3.8) is 0 Å². The van der Waals surface area contributed by atoms with Crippen LogP contribution in [0.25, 0.3) is 0 Å². The van der Waals surface area contributed by atoms with Gasteiger partial charge in [-0.25, -0.2) is 0 Å². The molecule has 1 heterocycles. The Kier molecular flexibility index (Phi) is 4.48. The van der Waals surface area contributed by atoms with Gasteiger partial charge in [0.2, 0.25) is 0 Å². The molecule has 0 fully saturated rings. The monoisotopic (exact) mass is 266 g/mol. The maximum Gasteiger partial charge on any atom is 0.255 e. The minimum Gasteiger partial charge on any atom is -0.384 e. The molecule has 1 aromatic heterocycles. The molecule has 0 bridgehead atoms. The van der Waals surface area contributed by atoms with E-state index in [9.17, 15) is 4.79 Å². The van der Waals surface area contributed by atoms with Crippen molar-refractivity contribution in [1.82, 2.24) is 4.98 Å². The number of carbonyl (C=O) groups excluding carboxylic acids is 1. The first-order chi connectivity index (χ1) is 9.70. The summed E-state index contributed by atoms with van der Waals surface area (Å²) >= 11 is 0. The molecule has 0 saturated carbocycles. The van der Waals surface area contributed by atoms with Gasteiger partial charge in [-0.2, -0.15) is 0 Å². The molecule has 4 heteroatoms. The second-order valence-corrected chi connectivity index (χ2v) is 4.18. The number of nitrogens with one attached hydrogen (secondary N) is 1. The summed E-state index contributed by atoms with van der Waals surface area (Å²) in [5, 5.41) is 11.5. The van der Waals surface area contributed by atoms with Crippen molar-refractivity contribution < 1.29 is 9.90 Å². The molecule has 0 aliphatic heterocycles. The molecule has 0 aliphatic carbocycles. The third-order valence-electron chi connectivity index (χ3n) is 2.73. The molecule has 0 unspecified atom stereocenters. The van der Waals surface area contributed by atoms with Crippen LogP contribution in [0.3, 0.4) is 0 Å². The quantitative estimate of drug-likeness (QED) is 0.817. The number of hydrogen-bond acceptors (Lipinski definition) is 3. The van der Waals surface area contributed by atoms with E-state index >= 15 is 0 Å². The van der Waals surface area contributed by atoms with Crippen LogP contribution in [0.15, 0.2) is 42.7 Å². The number of aryl methyl sites for hydroxylation is 1. The second-order valence-electron chi connectivity index (χ2n) is 4.18. The van der Waals surface area contributed by atoms with Gasteiger partial charge in [0.05, 0.1) is 0 Å². The summed E-state index contributed by atoms with van der Waals surface area (Å²) in [5.74, 6) is 5.28. The van der Waals surface area contributed by atoms with Gasteiger partial charge in [0.25, 0.3) is 5.91 Å². The Bertz CT molecular complexity index is 670. The second kappa shape index (κ2) is 6.50. The molecule has 100 valence electrons. The van der Waals surface area contributed by atoms with Gasteiger partial charge < -0.3 is 10.4 Å². The van der Waals surface area contributed by atoms with Gasteiger partial charge in [-0.1, -0.05) is 11.8 Å². The van der Waals surface area contributed by atoms with Crippen LogP contribution in [0.4, 0.5) is 5.69 Å². The lowest BCUT2D eigenvalue weighted by atomic mass is 10.1. The smallest absolute Gasteiger partial charge is 0.255 e. The summed E-state index contributed by atoms with van der Waals surface area (Å²) in [4.78, 5) is 15.9. The maximum atomic E-state index is 12.0. The van der Waals surface area contributed by atoms with Gasteiger partial charge in [0, 0.05) is 29.2 Å². The number of anilines is 1. The van der Waals surface area contributed by atoms with Crippen molar-refractivity contribution in [3.05, 3.63) is 59.4 Å². The Labute approximate surface area is 117 Å². The molecule has 2 rings (SSSR count). The van der Waals surface area contributed by atoms with Crippen LogP contribution < -0.4 is 5.32 Å². The summed E-state index contributed by atoms with van der Waals surface area (Å²) in [6.07, 6.45) is 3.15. The van der Waals surface area contributed by atoms with Crippen molar-refractivity contribution in [2.75, 3.05) is 11.9 Å². The molecule has 1 aromatic carbocycles.